The average Bonchev–Trinajstić information content (AvgIpc) is 2.59. The number of hydrogen-bond donors (Lipinski definition) is 1. The summed E-state index contributed by atoms with van der Waals surface area (Å²) in [6.07, 6.45) is 0. The molecule has 0 aliphatic heterocycles. The molecule has 2 rings (SSSR count). The smallest absolute Gasteiger partial charge is 0.337 e. The van der Waals surface area contributed by atoms with E-state index in [0.717, 1.165) is 10.1 Å². The Morgan fingerprint density at radius 2 is 2.29 bits per heavy atom. The van der Waals surface area contributed by atoms with Gasteiger partial charge in [0.1, 0.15) is 0 Å². The number of carbonyl (C=O) groups excluding carboxylic acids is 1. The van der Waals surface area contributed by atoms with Gasteiger partial charge >= 0.3 is 5.97 Å². The highest BCUT2D eigenvalue weighted by atomic mass is 32.1. The van der Waals surface area contributed by atoms with Crippen LogP contribution in [0.2, 0.25) is 0 Å². The molecule has 0 fully saturated rings. The van der Waals surface area contributed by atoms with Gasteiger partial charge in [-0.05, 0) is 18.2 Å². The first-order valence-electron chi connectivity index (χ1n) is 4.07. The van der Waals surface area contributed by atoms with E-state index in [1.165, 1.54) is 7.11 Å². The van der Waals surface area contributed by atoms with Crippen LogP contribution >= 0.6 is 11.3 Å². The Bertz CT molecular complexity index is 490. The standard InChI is InChI=1S/C10H9NO2S/c1-13-10(12)6-2-3-9-7(4-6)8(11)5-14-9/h2-5H,11H2,1H3. The number of hydrogen-bond acceptors (Lipinski definition) is 4. The number of ether oxygens (including phenoxy) is 1. The van der Waals surface area contributed by atoms with E-state index in [4.69, 9.17) is 5.73 Å². The van der Waals surface area contributed by atoms with E-state index >= 15 is 0 Å². The molecule has 72 valence electrons. The minimum Gasteiger partial charge on any atom is -0.465 e. The first-order chi connectivity index (χ1) is 6.72. The molecule has 1 heterocycles. The van der Waals surface area contributed by atoms with Gasteiger partial charge in [0.25, 0.3) is 0 Å². The third kappa shape index (κ3) is 1.33. The molecule has 1 aromatic carbocycles. The number of benzene rings is 1. The van der Waals surface area contributed by atoms with E-state index in [0.29, 0.717) is 11.3 Å². The summed E-state index contributed by atoms with van der Waals surface area (Å²) in [4.78, 5) is 11.2. The lowest BCUT2D eigenvalue weighted by atomic mass is 10.1. The summed E-state index contributed by atoms with van der Waals surface area (Å²) in [6, 6.07) is 5.37. The summed E-state index contributed by atoms with van der Waals surface area (Å²) in [5, 5.41) is 2.78. The zero-order valence-electron chi connectivity index (χ0n) is 7.61. The molecule has 14 heavy (non-hydrogen) atoms. The largest absolute Gasteiger partial charge is 0.465 e. The van der Waals surface area contributed by atoms with Gasteiger partial charge in [-0.15, -0.1) is 11.3 Å². The highest BCUT2D eigenvalue weighted by Gasteiger charge is 2.07. The van der Waals surface area contributed by atoms with Crippen LogP contribution in [-0.4, -0.2) is 13.1 Å². The number of fused-ring (bicyclic) bond motifs is 1. The SMILES string of the molecule is COC(=O)c1ccc2scc(N)c2c1. The molecule has 0 amide bonds. The maximum atomic E-state index is 11.2. The second-order valence-electron chi connectivity index (χ2n) is 2.89. The van der Waals surface area contributed by atoms with Crippen molar-refractivity contribution in [2.45, 2.75) is 0 Å². The summed E-state index contributed by atoms with van der Waals surface area (Å²) in [5.41, 5.74) is 6.98. The first kappa shape index (κ1) is 9.02. The van der Waals surface area contributed by atoms with Crippen LogP contribution in [0.1, 0.15) is 10.4 Å². The molecule has 2 N–H and O–H groups in total. The molecule has 0 radical (unpaired) electrons. The van der Waals surface area contributed by atoms with Gasteiger partial charge in [-0.2, -0.15) is 0 Å². The third-order valence-electron chi connectivity index (χ3n) is 2.02. The number of nitrogen functional groups attached to an aromatic ring is 1. The van der Waals surface area contributed by atoms with Crippen molar-refractivity contribution in [1.29, 1.82) is 0 Å². The molecular formula is C10H9NO2S. The lowest BCUT2D eigenvalue weighted by Crippen LogP contribution is -2.00. The Hall–Kier alpha value is -1.55. The molecule has 0 aliphatic rings. The zero-order chi connectivity index (χ0) is 10.1. The number of esters is 1. The Morgan fingerprint density at radius 3 is 3.00 bits per heavy atom. The number of rotatable bonds is 1. The van der Waals surface area contributed by atoms with Crippen molar-refractivity contribution in [2.24, 2.45) is 0 Å². The molecule has 0 aliphatic carbocycles. The predicted octanol–water partition coefficient (Wildman–Crippen LogP) is 2.27. The highest BCUT2D eigenvalue weighted by molar-refractivity contribution is 7.17. The van der Waals surface area contributed by atoms with Crippen LogP contribution in [0.15, 0.2) is 23.6 Å². The van der Waals surface area contributed by atoms with Crippen LogP contribution in [0.3, 0.4) is 0 Å². The molecule has 0 unspecified atom stereocenters. The third-order valence-corrected chi connectivity index (χ3v) is 3.01. The molecule has 0 bridgehead atoms. The number of thiophene rings is 1. The van der Waals surface area contributed by atoms with E-state index in [-0.39, 0.29) is 5.97 Å². The van der Waals surface area contributed by atoms with Crippen molar-refractivity contribution < 1.29 is 9.53 Å². The maximum absolute atomic E-state index is 11.2. The summed E-state index contributed by atoms with van der Waals surface area (Å²) in [5.74, 6) is -0.336. The summed E-state index contributed by atoms with van der Waals surface area (Å²) in [7, 11) is 1.36. The van der Waals surface area contributed by atoms with Crippen LogP contribution in [0.5, 0.6) is 0 Å². The average molecular weight is 207 g/mol. The maximum Gasteiger partial charge on any atom is 0.337 e. The van der Waals surface area contributed by atoms with Gasteiger partial charge < -0.3 is 10.5 Å². The van der Waals surface area contributed by atoms with Crippen molar-refractivity contribution in [3.8, 4) is 0 Å². The Morgan fingerprint density at radius 1 is 1.50 bits per heavy atom. The molecule has 0 atom stereocenters. The lowest BCUT2D eigenvalue weighted by Gasteiger charge is -1.99. The fourth-order valence-electron chi connectivity index (χ4n) is 1.29. The number of nitrogens with two attached hydrogens (primary N) is 1. The van der Waals surface area contributed by atoms with Gasteiger partial charge in [-0.3, -0.25) is 0 Å². The van der Waals surface area contributed by atoms with Gasteiger partial charge in [-0.1, -0.05) is 0 Å². The fraction of sp³-hybridized carbons (Fsp3) is 0.100. The Balaban J connectivity index is 2.60. The molecule has 0 saturated carbocycles. The van der Waals surface area contributed by atoms with E-state index in [1.54, 1.807) is 23.5 Å². The topological polar surface area (TPSA) is 52.3 Å². The van der Waals surface area contributed by atoms with Crippen molar-refractivity contribution >= 4 is 33.1 Å². The van der Waals surface area contributed by atoms with Crippen LogP contribution in [-0.2, 0) is 4.74 Å². The van der Waals surface area contributed by atoms with Crippen molar-refractivity contribution in [3.63, 3.8) is 0 Å². The van der Waals surface area contributed by atoms with Crippen LogP contribution in [0.4, 0.5) is 5.69 Å². The second-order valence-corrected chi connectivity index (χ2v) is 3.80. The number of methoxy groups -OCH3 is 1. The summed E-state index contributed by atoms with van der Waals surface area (Å²) in [6.45, 7) is 0. The minimum absolute atomic E-state index is 0.336. The summed E-state index contributed by atoms with van der Waals surface area (Å²) >= 11 is 1.56. The Kier molecular flexibility index (Phi) is 2.13. The molecule has 3 nitrogen and oxygen atoms in total. The van der Waals surface area contributed by atoms with Crippen LogP contribution < -0.4 is 5.73 Å². The normalized spacial score (nSPS) is 10.4. The molecule has 1 aromatic heterocycles. The molecule has 0 saturated heterocycles. The molecule has 0 spiro atoms. The van der Waals surface area contributed by atoms with Gasteiger partial charge in [0, 0.05) is 15.5 Å². The molecular weight excluding hydrogens is 198 g/mol. The minimum atomic E-state index is -0.336. The second kappa shape index (κ2) is 3.31. The quantitative estimate of drug-likeness (QED) is 0.730. The van der Waals surface area contributed by atoms with Crippen molar-refractivity contribution in [2.75, 3.05) is 12.8 Å². The van der Waals surface area contributed by atoms with E-state index in [9.17, 15) is 4.79 Å². The van der Waals surface area contributed by atoms with Gasteiger partial charge in [-0.25, -0.2) is 4.79 Å². The zero-order valence-corrected chi connectivity index (χ0v) is 8.43. The summed E-state index contributed by atoms with van der Waals surface area (Å²) < 4.78 is 5.70. The van der Waals surface area contributed by atoms with Gasteiger partial charge in [0.05, 0.1) is 18.4 Å². The Labute approximate surface area is 85.1 Å². The first-order valence-corrected chi connectivity index (χ1v) is 4.95. The molecule has 4 heteroatoms. The highest BCUT2D eigenvalue weighted by Crippen LogP contribution is 2.28. The van der Waals surface area contributed by atoms with Crippen molar-refractivity contribution in [1.82, 2.24) is 0 Å². The van der Waals surface area contributed by atoms with Gasteiger partial charge in [0.15, 0.2) is 0 Å². The number of anilines is 1. The van der Waals surface area contributed by atoms with Crippen LogP contribution in [0.25, 0.3) is 10.1 Å². The predicted molar refractivity (Wildman–Crippen MR) is 57.6 cm³/mol. The fourth-order valence-corrected chi connectivity index (χ4v) is 2.12. The van der Waals surface area contributed by atoms with Crippen LogP contribution in [0, 0.1) is 0 Å². The van der Waals surface area contributed by atoms with E-state index in [2.05, 4.69) is 4.74 Å². The van der Waals surface area contributed by atoms with Gasteiger partial charge in [0.2, 0.25) is 0 Å². The van der Waals surface area contributed by atoms with Crippen molar-refractivity contribution in [3.05, 3.63) is 29.1 Å². The van der Waals surface area contributed by atoms with E-state index in [1.807, 2.05) is 11.4 Å². The lowest BCUT2D eigenvalue weighted by molar-refractivity contribution is 0.0601. The number of carbonyl (C=O) groups is 1. The monoisotopic (exact) mass is 207 g/mol. The van der Waals surface area contributed by atoms with E-state index < -0.39 is 0 Å². The molecule has 2 aromatic rings.